The second-order valence-corrected chi connectivity index (χ2v) is 22.8. The molecule has 0 aromatic heterocycles. The Hall–Kier alpha value is -3.63. The first-order valence-electron chi connectivity index (χ1n) is 31.6. The Bertz CT molecular complexity index is 2140. The maximum atomic E-state index is 13.0. The van der Waals surface area contributed by atoms with Gasteiger partial charge in [0.05, 0.1) is 0 Å². The summed E-state index contributed by atoms with van der Waals surface area (Å²) >= 11 is 0.863. The normalized spacial score (nSPS) is 12.6. The Morgan fingerprint density at radius 1 is 0.342 bits per heavy atom. The van der Waals surface area contributed by atoms with Crippen molar-refractivity contribution in [1.29, 1.82) is 0 Å². The second kappa shape index (κ2) is 40.5. The van der Waals surface area contributed by atoms with Crippen LogP contribution in [-0.2, 0) is 74.6 Å². The van der Waals surface area contributed by atoms with Crippen LogP contribution >= 0.6 is 0 Å². The summed E-state index contributed by atoms with van der Waals surface area (Å²) in [6, 6.07) is 30.3. The third kappa shape index (κ3) is 23.0. The van der Waals surface area contributed by atoms with E-state index < -0.39 is 0 Å². The summed E-state index contributed by atoms with van der Waals surface area (Å²) in [5.74, 6) is 0. The molecule has 0 unspecified atom stereocenters. The van der Waals surface area contributed by atoms with Gasteiger partial charge in [-0.3, -0.25) is 0 Å². The minimum atomic E-state index is 0.565. The molecule has 0 aliphatic carbocycles. The summed E-state index contributed by atoms with van der Waals surface area (Å²) in [6.45, 7) is 19.8. The van der Waals surface area contributed by atoms with Gasteiger partial charge in [0.1, 0.15) is 0 Å². The third-order valence-electron chi connectivity index (χ3n) is 15.5. The number of rotatable bonds is 41. The van der Waals surface area contributed by atoms with Gasteiger partial charge >= 0.3 is 108 Å². The molecule has 0 atom stereocenters. The van der Waals surface area contributed by atoms with Crippen LogP contribution in [0.2, 0.25) is 0 Å². The van der Waals surface area contributed by atoms with Gasteiger partial charge in [-0.15, -0.1) is 0 Å². The van der Waals surface area contributed by atoms with Crippen LogP contribution in [0.25, 0.3) is 16.9 Å². The van der Waals surface area contributed by atoms with Crippen molar-refractivity contribution in [3.05, 3.63) is 157 Å². The molecule has 0 radical (unpaired) electrons. The summed E-state index contributed by atoms with van der Waals surface area (Å²) in [5.41, 5.74) is 32.5. The van der Waals surface area contributed by atoms with Crippen LogP contribution in [0.5, 0.6) is 0 Å². The van der Waals surface area contributed by atoms with Gasteiger partial charge < -0.3 is 5.53 Å². The fourth-order valence-corrected chi connectivity index (χ4v) is 11.6. The second-order valence-electron chi connectivity index (χ2n) is 22.0. The van der Waals surface area contributed by atoms with Gasteiger partial charge in [0, 0.05) is 22.3 Å². The molecule has 0 amide bonds. The fraction of sp³-hybridized carbons (Fsp3) is 0.606. The average Bonchev–Trinajstić information content (AvgIpc) is 3.72. The Labute approximate surface area is 474 Å². The molecule has 1 heterocycles. The number of nitrogens with zero attached hydrogens (tertiary/aromatic N) is 2. The number of aryl methyl sites for hydroxylation is 4. The Balaban J connectivity index is 0.000000615. The van der Waals surface area contributed by atoms with Crippen molar-refractivity contribution < 1.29 is 27.5 Å². The van der Waals surface area contributed by atoms with Crippen LogP contribution in [0.4, 0.5) is 0 Å². The predicted octanol–water partition coefficient (Wildman–Crippen LogP) is 22.1. The molecule has 5 rings (SSSR count). The van der Waals surface area contributed by atoms with Gasteiger partial charge in [-0.05, 0) is 160 Å². The molecule has 4 nitrogen and oxygen atoms in total. The van der Waals surface area contributed by atoms with Crippen LogP contribution in [0, 0.1) is 0 Å². The summed E-state index contributed by atoms with van der Waals surface area (Å²) in [5, 5.41) is 0. The molecule has 0 saturated carbocycles. The zero-order chi connectivity index (χ0) is 54.4. The first kappa shape index (κ1) is 64.9. The number of unbranched alkanes of at least 4 members (excludes halogenated alkanes) is 17. The van der Waals surface area contributed by atoms with E-state index in [9.17, 15) is 5.53 Å². The van der Waals surface area contributed by atoms with Gasteiger partial charge in [0.2, 0.25) is 11.4 Å². The fourth-order valence-electron chi connectivity index (χ4n) is 11.1. The molecular formula is C71H108N2NiO2. The van der Waals surface area contributed by atoms with Crippen molar-refractivity contribution >= 4 is 11.4 Å². The molecule has 0 saturated heterocycles. The van der Waals surface area contributed by atoms with E-state index in [0.717, 1.165) is 89.0 Å². The SMILES string of the molecule is CCCCCCc1cc(C2=C(CCCC)C(CCCCC)=C(c3cc(CCCCCC)c(CCCC)c(CCCCCC)c3)[N+]2=[N-])cc(CCCCCC)c1CCCC.c1ccc(C[O][Ni][O]Cc2ccccc2)cc1. The summed E-state index contributed by atoms with van der Waals surface area (Å²) in [7, 11) is 0. The van der Waals surface area contributed by atoms with Crippen LogP contribution in [0.1, 0.15) is 284 Å². The topological polar surface area (TPSA) is 43.8 Å². The van der Waals surface area contributed by atoms with E-state index in [2.05, 4.69) is 79.7 Å². The van der Waals surface area contributed by atoms with E-state index in [1.165, 1.54) is 183 Å². The van der Waals surface area contributed by atoms with Crippen molar-refractivity contribution in [2.45, 2.75) is 280 Å². The molecule has 76 heavy (non-hydrogen) atoms. The van der Waals surface area contributed by atoms with Gasteiger partial charge in [-0.25, -0.2) is 4.70 Å². The van der Waals surface area contributed by atoms with Gasteiger partial charge in [-0.2, -0.15) is 0 Å². The summed E-state index contributed by atoms with van der Waals surface area (Å²) < 4.78 is 12.5. The molecule has 0 N–H and O–H groups in total. The number of allylic oxidation sites excluding steroid dienone is 2. The molecule has 424 valence electrons. The van der Waals surface area contributed by atoms with Crippen molar-refractivity contribution in [3.8, 4) is 0 Å². The Morgan fingerprint density at radius 2 is 0.632 bits per heavy atom. The first-order valence-corrected chi connectivity index (χ1v) is 32.4. The van der Waals surface area contributed by atoms with Gasteiger partial charge in [-0.1, -0.05) is 165 Å². The molecular weight excluding hydrogens is 971 g/mol. The number of hydrogen-bond donors (Lipinski definition) is 0. The molecule has 1 aliphatic rings. The van der Waals surface area contributed by atoms with Gasteiger partial charge in [0.25, 0.3) is 0 Å². The van der Waals surface area contributed by atoms with Crippen molar-refractivity contribution in [1.82, 2.24) is 0 Å². The minimum absolute atomic E-state index is 0.565. The molecule has 4 aromatic rings. The van der Waals surface area contributed by atoms with E-state index in [4.69, 9.17) is 7.76 Å². The number of hydrogen-bond acceptors (Lipinski definition) is 2. The van der Waals surface area contributed by atoms with E-state index in [-0.39, 0.29) is 0 Å². The standard InChI is InChI=1S/C57H94N2.2C7H7O.Ni/c1-9-17-25-30-34-46-42-50(43-47(35-31-26-18-10-2)52(46)38-22-14-6)56-54(40-24-16-8)55(41-29-21-13-5)57(59(56)58)51-44-48(36-32-27-19-11-3)53(39-23-15-7)49(45-51)37-33-28-20-12-4;2*8-6-7-4-2-1-3-5-7;/h42-45H,9-41H2,1-8H3;2*1-5H,6H2;/q;2*-1;+2. The van der Waals surface area contributed by atoms with Gasteiger partial charge in [0.15, 0.2) is 0 Å². The molecule has 0 bridgehead atoms. The van der Waals surface area contributed by atoms with Crippen LogP contribution in [0.3, 0.4) is 0 Å². The molecule has 5 heteroatoms. The Morgan fingerprint density at radius 3 is 0.961 bits per heavy atom. The monoisotopic (exact) mass is 1080 g/mol. The van der Waals surface area contributed by atoms with E-state index >= 15 is 0 Å². The molecule has 1 aliphatic heterocycles. The van der Waals surface area contributed by atoms with Crippen molar-refractivity contribution in [2.24, 2.45) is 0 Å². The van der Waals surface area contributed by atoms with Crippen LogP contribution in [-0.4, -0.2) is 4.70 Å². The predicted molar refractivity (Wildman–Crippen MR) is 325 cm³/mol. The van der Waals surface area contributed by atoms with E-state index in [1.807, 2.05) is 60.7 Å². The zero-order valence-electron chi connectivity index (χ0n) is 49.9. The van der Waals surface area contributed by atoms with E-state index in [1.54, 1.807) is 38.1 Å². The molecule has 0 spiro atoms. The van der Waals surface area contributed by atoms with Crippen molar-refractivity contribution in [3.63, 3.8) is 0 Å². The average molecular weight is 1080 g/mol. The summed E-state index contributed by atoms with van der Waals surface area (Å²) in [6.07, 6.45) is 40.6. The maximum absolute atomic E-state index is 13.0. The molecule has 0 fully saturated rings. The number of benzene rings is 4. The van der Waals surface area contributed by atoms with Crippen molar-refractivity contribution in [2.75, 3.05) is 0 Å². The summed E-state index contributed by atoms with van der Waals surface area (Å²) in [4.78, 5) is 0. The third-order valence-corrected chi connectivity index (χ3v) is 16.0. The Kier molecular flexibility index (Phi) is 34.6. The quantitative estimate of drug-likeness (QED) is 0.0253. The zero-order valence-corrected chi connectivity index (χ0v) is 50.8. The first-order chi connectivity index (χ1) is 37.4. The van der Waals surface area contributed by atoms with Crippen LogP contribution in [0.15, 0.2) is 96.1 Å². The molecule has 4 aromatic carbocycles. The van der Waals surface area contributed by atoms with E-state index in [0.29, 0.717) is 13.2 Å². The van der Waals surface area contributed by atoms with Crippen LogP contribution < -0.4 is 0 Å².